The van der Waals surface area contributed by atoms with E-state index in [2.05, 4.69) is 10.3 Å². The number of fused-ring (bicyclic) bond motifs is 1. The summed E-state index contributed by atoms with van der Waals surface area (Å²) in [5, 5.41) is 12.5. The normalized spacial score (nSPS) is 19.1. The number of benzene rings is 1. The predicted molar refractivity (Wildman–Crippen MR) is 128 cm³/mol. The molecule has 1 aliphatic rings. The van der Waals surface area contributed by atoms with Gasteiger partial charge in [-0.3, -0.25) is 4.79 Å². The fourth-order valence-corrected chi connectivity index (χ4v) is 3.72. The first-order valence-corrected chi connectivity index (χ1v) is 11.2. The van der Waals surface area contributed by atoms with Crippen molar-refractivity contribution in [2.45, 2.75) is 32.9 Å². The molecule has 8 nitrogen and oxygen atoms in total. The van der Waals surface area contributed by atoms with Crippen molar-refractivity contribution in [3.8, 4) is 5.88 Å². The molecule has 9 heteroatoms. The molecule has 1 aromatic heterocycles. The Morgan fingerprint density at radius 3 is 2.76 bits per heavy atom. The molecule has 1 aromatic carbocycles. The van der Waals surface area contributed by atoms with E-state index in [0.29, 0.717) is 17.8 Å². The van der Waals surface area contributed by atoms with E-state index in [0.717, 1.165) is 5.56 Å². The molecule has 2 N–H and O–H groups in total. The van der Waals surface area contributed by atoms with Gasteiger partial charge in [-0.2, -0.15) is 0 Å². The molecule has 0 saturated heterocycles. The zero-order chi connectivity index (χ0) is 24.8. The van der Waals surface area contributed by atoms with Gasteiger partial charge in [0.05, 0.1) is 19.2 Å². The lowest BCUT2D eigenvalue weighted by molar-refractivity contribution is 0.0356. The smallest absolute Gasteiger partial charge is 0.321 e. The number of carbonyl (C=O) groups excluding carboxylic acids is 2. The van der Waals surface area contributed by atoms with Gasteiger partial charge >= 0.3 is 6.03 Å². The molecule has 3 atom stereocenters. The largest absolute Gasteiger partial charge is 0.472 e. The van der Waals surface area contributed by atoms with Gasteiger partial charge in [0.2, 0.25) is 5.88 Å². The van der Waals surface area contributed by atoms with E-state index in [4.69, 9.17) is 4.74 Å². The summed E-state index contributed by atoms with van der Waals surface area (Å²) in [6, 6.07) is 6.46. The summed E-state index contributed by atoms with van der Waals surface area (Å²) < 4.78 is 19.3. The van der Waals surface area contributed by atoms with Crippen LogP contribution in [0.25, 0.3) is 6.08 Å². The number of rotatable bonds is 6. The number of pyridine rings is 1. The van der Waals surface area contributed by atoms with Crippen LogP contribution >= 0.6 is 0 Å². The Bertz CT molecular complexity index is 1040. The summed E-state index contributed by atoms with van der Waals surface area (Å²) in [5.41, 5.74) is 1.55. The van der Waals surface area contributed by atoms with Crippen molar-refractivity contribution in [2.75, 3.05) is 32.1 Å². The molecular weight excluding hydrogens is 439 g/mol. The van der Waals surface area contributed by atoms with Crippen LogP contribution in [0.1, 0.15) is 36.7 Å². The molecule has 3 amide bonds. The number of hydrogen-bond acceptors (Lipinski definition) is 5. The van der Waals surface area contributed by atoms with Crippen LogP contribution in [0.15, 0.2) is 42.6 Å². The van der Waals surface area contributed by atoms with E-state index in [1.807, 2.05) is 26.0 Å². The maximum atomic E-state index is 13.3. The summed E-state index contributed by atoms with van der Waals surface area (Å²) in [6.07, 6.45) is 4.85. The van der Waals surface area contributed by atoms with E-state index in [1.165, 1.54) is 29.2 Å². The van der Waals surface area contributed by atoms with Gasteiger partial charge in [0.25, 0.3) is 5.91 Å². The van der Waals surface area contributed by atoms with Crippen molar-refractivity contribution in [3.05, 3.63) is 59.5 Å². The number of carbonyl (C=O) groups is 2. The number of anilines is 1. The van der Waals surface area contributed by atoms with Gasteiger partial charge < -0.3 is 25.0 Å². The molecule has 0 radical (unpaired) electrons. The number of halogens is 1. The fraction of sp³-hybridized carbons (Fsp3) is 0.400. The number of nitrogens with zero attached hydrogens (tertiary/aromatic N) is 3. The van der Waals surface area contributed by atoms with E-state index in [9.17, 15) is 19.1 Å². The van der Waals surface area contributed by atoms with Gasteiger partial charge in [-0.1, -0.05) is 19.1 Å². The molecule has 34 heavy (non-hydrogen) atoms. The van der Waals surface area contributed by atoms with Gasteiger partial charge in [0.15, 0.2) is 0 Å². The monoisotopic (exact) mass is 470 g/mol. The van der Waals surface area contributed by atoms with Crippen LogP contribution in [0, 0.1) is 11.7 Å². The minimum absolute atomic E-state index is 0.163. The van der Waals surface area contributed by atoms with Crippen LogP contribution in [0.5, 0.6) is 5.88 Å². The number of likely N-dealkylation sites (N-methyl/N-ethyl adjacent to an activating group) is 1. The summed E-state index contributed by atoms with van der Waals surface area (Å²) in [7, 11) is 1.64. The van der Waals surface area contributed by atoms with E-state index < -0.39 is 12.1 Å². The first-order chi connectivity index (χ1) is 16.2. The van der Waals surface area contributed by atoms with Gasteiger partial charge in [-0.05, 0) is 49.7 Å². The lowest BCUT2D eigenvalue weighted by Crippen LogP contribution is -2.50. The van der Waals surface area contributed by atoms with Crippen LogP contribution in [-0.4, -0.2) is 70.7 Å². The Balaban J connectivity index is 1.85. The number of aromatic nitrogens is 1. The topological polar surface area (TPSA) is 95.0 Å². The van der Waals surface area contributed by atoms with Crippen molar-refractivity contribution >= 4 is 23.7 Å². The molecule has 1 aliphatic heterocycles. The second kappa shape index (κ2) is 11.1. The van der Waals surface area contributed by atoms with Crippen LogP contribution in [0.4, 0.5) is 14.9 Å². The first kappa shape index (κ1) is 25.2. The Morgan fingerprint density at radius 1 is 1.41 bits per heavy atom. The van der Waals surface area contributed by atoms with Crippen molar-refractivity contribution < 1.29 is 23.8 Å². The average Bonchev–Trinajstić information content (AvgIpc) is 2.82. The molecule has 0 saturated carbocycles. The van der Waals surface area contributed by atoms with E-state index in [1.54, 1.807) is 31.1 Å². The number of aliphatic hydroxyl groups excluding tert-OH is 1. The summed E-state index contributed by atoms with van der Waals surface area (Å²) in [6.45, 7) is 5.97. The Morgan fingerprint density at radius 2 is 2.12 bits per heavy atom. The molecule has 0 spiro atoms. The van der Waals surface area contributed by atoms with Crippen LogP contribution in [0.2, 0.25) is 0 Å². The summed E-state index contributed by atoms with van der Waals surface area (Å²) >= 11 is 0. The maximum Gasteiger partial charge on any atom is 0.321 e. The highest BCUT2D eigenvalue weighted by Crippen LogP contribution is 2.27. The third kappa shape index (κ3) is 5.91. The number of ether oxygens (including phenoxy) is 1. The average molecular weight is 471 g/mol. The molecule has 3 rings (SSSR count). The molecular formula is C25H31FN4O4. The highest BCUT2D eigenvalue weighted by Gasteiger charge is 2.34. The predicted octanol–water partition coefficient (Wildman–Crippen LogP) is 3.64. The van der Waals surface area contributed by atoms with E-state index in [-0.39, 0.29) is 42.7 Å². The molecule has 0 bridgehead atoms. The second-order valence-corrected chi connectivity index (χ2v) is 8.56. The van der Waals surface area contributed by atoms with Gasteiger partial charge in [-0.25, -0.2) is 14.2 Å². The van der Waals surface area contributed by atoms with Gasteiger partial charge in [0, 0.05) is 31.4 Å². The molecule has 2 aromatic rings. The number of nitrogens with one attached hydrogen (secondary N) is 1. The third-order valence-corrected chi connectivity index (χ3v) is 5.80. The minimum Gasteiger partial charge on any atom is -0.472 e. The molecule has 0 aliphatic carbocycles. The number of aliphatic hydroxyl groups is 1. The van der Waals surface area contributed by atoms with Crippen LogP contribution < -0.4 is 10.1 Å². The van der Waals surface area contributed by atoms with Crippen molar-refractivity contribution in [1.82, 2.24) is 14.8 Å². The third-order valence-electron chi connectivity index (χ3n) is 5.80. The summed E-state index contributed by atoms with van der Waals surface area (Å²) in [4.78, 5) is 33.5. The van der Waals surface area contributed by atoms with Crippen LogP contribution in [-0.2, 0) is 0 Å². The van der Waals surface area contributed by atoms with Crippen molar-refractivity contribution in [3.63, 3.8) is 0 Å². The standard InChI is InChI=1S/C25H31FN4O4/c1-5-6-18-11-21-23(27-12-18)34-22(16(2)13-30(24(21)32)17(3)15-31)14-29(4)25(33)28-20-9-7-19(26)8-10-20/h5-12,16-17,22,31H,13-15H2,1-4H3,(H,28,33)/t16-,17+,22+/m0/s1. The number of hydrogen-bond donors (Lipinski definition) is 2. The molecule has 2 heterocycles. The Hall–Kier alpha value is -3.46. The minimum atomic E-state index is -0.468. The van der Waals surface area contributed by atoms with Crippen LogP contribution in [0.3, 0.4) is 0 Å². The zero-order valence-corrected chi connectivity index (χ0v) is 19.9. The lowest BCUT2D eigenvalue weighted by atomic mass is 10.00. The molecule has 0 unspecified atom stereocenters. The van der Waals surface area contributed by atoms with Crippen molar-refractivity contribution in [1.29, 1.82) is 0 Å². The number of amides is 3. The van der Waals surface area contributed by atoms with Crippen molar-refractivity contribution in [2.24, 2.45) is 5.92 Å². The SMILES string of the molecule is CC=Cc1cnc2c(c1)C(=O)N([C@H](C)CO)C[C@H](C)[C@@H](CN(C)C(=O)Nc1ccc(F)cc1)O2. The Kier molecular flexibility index (Phi) is 8.22. The molecule has 0 fully saturated rings. The second-order valence-electron chi connectivity index (χ2n) is 8.56. The summed E-state index contributed by atoms with van der Waals surface area (Å²) in [5.74, 6) is -0.618. The number of allylic oxidation sites excluding steroid dienone is 1. The van der Waals surface area contributed by atoms with Gasteiger partial charge in [0.1, 0.15) is 17.5 Å². The Labute approximate surface area is 199 Å². The van der Waals surface area contributed by atoms with Gasteiger partial charge in [-0.15, -0.1) is 0 Å². The quantitative estimate of drug-likeness (QED) is 0.672. The highest BCUT2D eigenvalue weighted by atomic mass is 19.1. The zero-order valence-electron chi connectivity index (χ0n) is 19.9. The van der Waals surface area contributed by atoms with E-state index >= 15 is 0 Å². The lowest BCUT2D eigenvalue weighted by Gasteiger charge is -2.37. The molecule has 182 valence electrons. The first-order valence-electron chi connectivity index (χ1n) is 11.2. The fourth-order valence-electron chi connectivity index (χ4n) is 3.72. The number of urea groups is 1. The highest BCUT2D eigenvalue weighted by molar-refractivity contribution is 5.97. The maximum absolute atomic E-state index is 13.3.